The molecule has 0 aromatic heterocycles. The van der Waals surface area contributed by atoms with Crippen LogP contribution in [-0.4, -0.2) is 42.5 Å². The summed E-state index contributed by atoms with van der Waals surface area (Å²) >= 11 is 3.37. The minimum Gasteiger partial charge on any atom is -0.493 e. The van der Waals surface area contributed by atoms with Crippen LogP contribution >= 0.6 is 15.9 Å². The molecule has 1 fully saturated rings. The fraction of sp³-hybridized carbons (Fsp3) is 0.333. The lowest BCUT2D eigenvalue weighted by atomic mass is 10.0. The average molecular weight is 431 g/mol. The fourth-order valence-electron chi connectivity index (χ4n) is 3.07. The summed E-state index contributed by atoms with van der Waals surface area (Å²) in [5.41, 5.74) is 0.648. The summed E-state index contributed by atoms with van der Waals surface area (Å²) in [7, 11) is 0. The molecule has 6 heteroatoms. The van der Waals surface area contributed by atoms with E-state index in [2.05, 4.69) is 21.2 Å². The summed E-state index contributed by atoms with van der Waals surface area (Å²) < 4.78 is 6.54. The Balaban J connectivity index is 1.38. The van der Waals surface area contributed by atoms with Gasteiger partial charge in [0.1, 0.15) is 5.75 Å². The van der Waals surface area contributed by atoms with E-state index in [0.29, 0.717) is 31.7 Å². The van der Waals surface area contributed by atoms with Crippen molar-refractivity contribution in [2.75, 3.05) is 19.7 Å². The minimum absolute atomic E-state index is 0.0662. The van der Waals surface area contributed by atoms with E-state index in [0.717, 1.165) is 23.1 Å². The molecule has 1 saturated heterocycles. The van der Waals surface area contributed by atoms with Gasteiger partial charge in [0.25, 0.3) is 5.91 Å². The Hall–Kier alpha value is -2.34. The Kier molecular flexibility index (Phi) is 6.87. The van der Waals surface area contributed by atoms with Gasteiger partial charge in [-0.3, -0.25) is 9.59 Å². The molecule has 1 aliphatic rings. The van der Waals surface area contributed by atoms with E-state index in [9.17, 15) is 9.59 Å². The number of rotatable bonds is 6. The van der Waals surface area contributed by atoms with E-state index in [4.69, 9.17) is 4.74 Å². The Morgan fingerprint density at radius 3 is 2.37 bits per heavy atom. The van der Waals surface area contributed by atoms with Gasteiger partial charge >= 0.3 is 0 Å². The van der Waals surface area contributed by atoms with Crippen LogP contribution in [0.2, 0.25) is 0 Å². The highest BCUT2D eigenvalue weighted by Gasteiger charge is 2.24. The first-order valence-corrected chi connectivity index (χ1v) is 9.93. The van der Waals surface area contributed by atoms with E-state index >= 15 is 0 Å². The molecule has 0 bridgehead atoms. The average Bonchev–Trinajstić information content (AvgIpc) is 2.70. The van der Waals surface area contributed by atoms with Gasteiger partial charge in [-0.2, -0.15) is 0 Å². The monoisotopic (exact) mass is 430 g/mol. The molecule has 1 N–H and O–H groups in total. The van der Waals surface area contributed by atoms with Crippen molar-refractivity contribution in [2.24, 2.45) is 0 Å². The number of amides is 2. The molecule has 2 aromatic rings. The summed E-state index contributed by atoms with van der Waals surface area (Å²) in [6, 6.07) is 16.9. The first-order valence-electron chi connectivity index (χ1n) is 9.14. The van der Waals surface area contributed by atoms with Crippen molar-refractivity contribution in [3.05, 3.63) is 64.6 Å². The van der Waals surface area contributed by atoms with Gasteiger partial charge in [-0.05, 0) is 49.2 Å². The van der Waals surface area contributed by atoms with Crippen LogP contribution in [0.25, 0.3) is 0 Å². The standard InChI is InChI=1S/C21H23BrN2O3/c22-17-8-6-16(7-9-17)21(26)23-18-10-13-24(14-11-18)20(25)12-15-27-19-4-2-1-3-5-19/h1-9,18H,10-15H2,(H,23,26). The van der Waals surface area contributed by atoms with Crippen LogP contribution in [0.3, 0.4) is 0 Å². The zero-order valence-corrected chi connectivity index (χ0v) is 16.7. The lowest BCUT2D eigenvalue weighted by Gasteiger charge is -2.32. The third-order valence-electron chi connectivity index (χ3n) is 4.62. The lowest BCUT2D eigenvalue weighted by molar-refractivity contribution is -0.132. The Morgan fingerprint density at radius 1 is 1.04 bits per heavy atom. The molecule has 27 heavy (non-hydrogen) atoms. The van der Waals surface area contributed by atoms with Crippen molar-refractivity contribution in [3.8, 4) is 5.75 Å². The van der Waals surface area contributed by atoms with Crippen molar-refractivity contribution < 1.29 is 14.3 Å². The molecule has 0 saturated carbocycles. The molecule has 1 heterocycles. The molecule has 0 atom stereocenters. The van der Waals surface area contributed by atoms with Gasteiger partial charge < -0.3 is 15.0 Å². The Labute approximate surface area is 167 Å². The first-order chi connectivity index (χ1) is 13.1. The van der Waals surface area contributed by atoms with E-state index in [-0.39, 0.29) is 17.9 Å². The maximum absolute atomic E-state index is 12.3. The number of likely N-dealkylation sites (tertiary alicyclic amines) is 1. The topological polar surface area (TPSA) is 58.6 Å². The molecule has 0 unspecified atom stereocenters. The number of hydrogen-bond acceptors (Lipinski definition) is 3. The maximum atomic E-state index is 12.3. The quantitative estimate of drug-likeness (QED) is 0.760. The van der Waals surface area contributed by atoms with Crippen LogP contribution < -0.4 is 10.1 Å². The predicted molar refractivity (Wildman–Crippen MR) is 108 cm³/mol. The number of para-hydroxylation sites is 1. The van der Waals surface area contributed by atoms with Gasteiger partial charge in [0.2, 0.25) is 5.91 Å². The van der Waals surface area contributed by atoms with Gasteiger partial charge in [-0.15, -0.1) is 0 Å². The number of nitrogens with one attached hydrogen (secondary N) is 1. The molecule has 1 aliphatic heterocycles. The smallest absolute Gasteiger partial charge is 0.251 e. The van der Waals surface area contributed by atoms with E-state index < -0.39 is 0 Å². The van der Waals surface area contributed by atoms with Crippen molar-refractivity contribution >= 4 is 27.7 Å². The lowest BCUT2D eigenvalue weighted by Crippen LogP contribution is -2.46. The third-order valence-corrected chi connectivity index (χ3v) is 5.15. The van der Waals surface area contributed by atoms with Crippen LogP contribution in [0.15, 0.2) is 59.1 Å². The molecule has 0 radical (unpaired) electrons. The number of hydrogen-bond donors (Lipinski definition) is 1. The van der Waals surface area contributed by atoms with Gasteiger partial charge in [-0.1, -0.05) is 34.1 Å². The summed E-state index contributed by atoms with van der Waals surface area (Å²) in [5, 5.41) is 3.06. The number of benzene rings is 2. The van der Waals surface area contributed by atoms with E-state index in [1.807, 2.05) is 47.4 Å². The zero-order valence-electron chi connectivity index (χ0n) is 15.1. The number of carbonyl (C=O) groups excluding carboxylic acids is 2. The maximum Gasteiger partial charge on any atom is 0.251 e. The minimum atomic E-state index is -0.0662. The largest absolute Gasteiger partial charge is 0.493 e. The highest BCUT2D eigenvalue weighted by molar-refractivity contribution is 9.10. The molecule has 0 aliphatic carbocycles. The van der Waals surface area contributed by atoms with Crippen LogP contribution in [0.1, 0.15) is 29.6 Å². The first kappa shape index (κ1) is 19.4. The molecule has 2 amide bonds. The van der Waals surface area contributed by atoms with Gasteiger partial charge in [-0.25, -0.2) is 0 Å². The predicted octanol–water partition coefficient (Wildman–Crippen LogP) is 3.64. The second-order valence-corrected chi connectivity index (χ2v) is 7.46. The Bertz CT molecular complexity index is 757. The zero-order chi connectivity index (χ0) is 19.1. The van der Waals surface area contributed by atoms with Crippen LogP contribution in [-0.2, 0) is 4.79 Å². The number of piperidine rings is 1. The van der Waals surface area contributed by atoms with Gasteiger partial charge in [0.05, 0.1) is 13.0 Å². The van der Waals surface area contributed by atoms with Gasteiger partial charge in [0, 0.05) is 29.2 Å². The van der Waals surface area contributed by atoms with Crippen molar-refractivity contribution in [1.29, 1.82) is 0 Å². The van der Waals surface area contributed by atoms with Crippen molar-refractivity contribution in [1.82, 2.24) is 10.2 Å². The summed E-state index contributed by atoms with van der Waals surface area (Å²) in [5.74, 6) is 0.812. The Morgan fingerprint density at radius 2 is 1.70 bits per heavy atom. The second kappa shape index (κ2) is 9.55. The normalized spacial score (nSPS) is 14.6. The highest BCUT2D eigenvalue weighted by Crippen LogP contribution is 2.15. The second-order valence-electron chi connectivity index (χ2n) is 6.55. The van der Waals surface area contributed by atoms with E-state index in [1.165, 1.54) is 0 Å². The molecular weight excluding hydrogens is 408 g/mol. The SMILES string of the molecule is O=C(NC1CCN(C(=O)CCOc2ccccc2)CC1)c1ccc(Br)cc1. The molecule has 142 valence electrons. The summed E-state index contributed by atoms with van der Waals surface area (Å²) in [4.78, 5) is 26.5. The van der Waals surface area contributed by atoms with Crippen LogP contribution in [0.4, 0.5) is 0 Å². The number of nitrogens with zero attached hydrogens (tertiary/aromatic N) is 1. The molecule has 5 nitrogen and oxygen atoms in total. The van der Waals surface area contributed by atoms with Crippen LogP contribution in [0.5, 0.6) is 5.75 Å². The summed E-state index contributed by atoms with van der Waals surface area (Å²) in [6.07, 6.45) is 1.91. The molecule has 3 rings (SSSR count). The number of carbonyl (C=O) groups is 2. The van der Waals surface area contributed by atoms with Crippen molar-refractivity contribution in [2.45, 2.75) is 25.3 Å². The fourth-order valence-corrected chi connectivity index (χ4v) is 3.34. The summed E-state index contributed by atoms with van der Waals surface area (Å²) in [6.45, 7) is 1.70. The van der Waals surface area contributed by atoms with E-state index in [1.54, 1.807) is 12.1 Å². The molecule has 0 spiro atoms. The third kappa shape index (κ3) is 5.82. The van der Waals surface area contributed by atoms with Crippen LogP contribution in [0, 0.1) is 0 Å². The number of halogens is 1. The highest BCUT2D eigenvalue weighted by atomic mass is 79.9. The van der Waals surface area contributed by atoms with Crippen molar-refractivity contribution in [3.63, 3.8) is 0 Å². The van der Waals surface area contributed by atoms with Gasteiger partial charge in [0.15, 0.2) is 0 Å². The number of ether oxygens (including phenoxy) is 1. The molecular formula is C21H23BrN2O3. The molecule has 2 aromatic carbocycles.